The quantitative estimate of drug-likeness (QED) is 0.466. The Hall–Kier alpha value is -3.78. The minimum atomic E-state index is -0.252. The highest BCUT2D eigenvalue weighted by atomic mass is 16.5. The van der Waals surface area contributed by atoms with E-state index >= 15 is 0 Å². The molecule has 6 rings (SSSR count). The normalized spacial score (nSPS) is 15.8. The van der Waals surface area contributed by atoms with Crippen LogP contribution in [0.2, 0.25) is 0 Å². The first kappa shape index (κ1) is 22.7. The average molecular weight is 483 g/mol. The number of aryl methyl sites for hydroxylation is 1. The summed E-state index contributed by atoms with van der Waals surface area (Å²) in [5, 5.41) is 12.2. The van der Waals surface area contributed by atoms with Gasteiger partial charge in [-0.05, 0) is 74.5 Å². The zero-order chi connectivity index (χ0) is 24.6. The van der Waals surface area contributed by atoms with Crippen LogP contribution in [-0.2, 0) is 13.0 Å². The van der Waals surface area contributed by atoms with E-state index in [4.69, 9.17) is 9.72 Å². The van der Waals surface area contributed by atoms with E-state index in [0.29, 0.717) is 17.3 Å². The number of amides is 1. The summed E-state index contributed by atoms with van der Waals surface area (Å²) in [5.74, 6) is 1.16. The van der Waals surface area contributed by atoms with Crippen LogP contribution in [0.5, 0.6) is 5.75 Å². The van der Waals surface area contributed by atoms with E-state index in [2.05, 4.69) is 56.9 Å². The molecule has 4 heterocycles. The van der Waals surface area contributed by atoms with Gasteiger partial charge in [0.25, 0.3) is 5.91 Å². The Labute approximate surface area is 210 Å². The number of benzene rings is 2. The first-order chi connectivity index (χ1) is 17.6. The smallest absolute Gasteiger partial charge is 0.273 e. The van der Waals surface area contributed by atoms with E-state index in [-0.39, 0.29) is 12.5 Å². The predicted molar refractivity (Wildman–Crippen MR) is 138 cm³/mol. The highest BCUT2D eigenvalue weighted by Gasteiger charge is 2.28. The van der Waals surface area contributed by atoms with Crippen molar-refractivity contribution in [3.63, 3.8) is 0 Å². The molecule has 0 saturated carbocycles. The third-order valence-electron chi connectivity index (χ3n) is 7.49. The number of hydrogen-bond acceptors (Lipinski definition) is 6. The summed E-state index contributed by atoms with van der Waals surface area (Å²) in [6.45, 7) is 5.48. The molecule has 4 aromatic rings. The van der Waals surface area contributed by atoms with Crippen molar-refractivity contribution in [2.75, 3.05) is 26.7 Å². The Morgan fingerprint density at radius 2 is 1.94 bits per heavy atom. The summed E-state index contributed by atoms with van der Waals surface area (Å²) in [7, 11) is 1.59. The number of rotatable bonds is 5. The van der Waals surface area contributed by atoms with Gasteiger partial charge in [0.15, 0.2) is 5.69 Å². The zero-order valence-corrected chi connectivity index (χ0v) is 20.7. The fraction of sp³-hybridized carbons (Fsp3) is 0.357. The van der Waals surface area contributed by atoms with Crippen LogP contribution in [0.15, 0.2) is 48.5 Å². The van der Waals surface area contributed by atoms with Gasteiger partial charge in [-0.1, -0.05) is 35.5 Å². The van der Waals surface area contributed by atoms with Crippen LogP contribution in [0, 0.1) is 6.92 Å². The molecule has 184 valence electrons. The predicted octanol–water partition coefficient (Wildman–Crippen LogP) is 3.80. The third kappa shape index (κ3) is 4.01. The Kier molecular flexibility index (Phi) is 5.89. The molecule has 2 aliphatic heterocycles. The Bertz CT molecular complexity index is 1440. The Morgan fingerprint density at radius 1 is 1.11 bits per heavy atom. The van der Waals surface area contributed by atoms with Crippen molar-refractivity contribution in [2.45, 2.75) is 38.7 Å². The standard InChI is InChI=1S/C28H30N6O2/c1-18-9-10-22-21(6-4-7-23(22)30-18)19-11-14-33(15-12-19)16-13-20-5-3-8-24-27(20)36-17-25-26(28(35)29-2)31-32-34(24)25/h3-10,19H,11-17H2,1-2H3,(H,29,35). The summed E-state index contributed by atoms with van der Waals surface area (Å²) in [6.07, 6.45) is 3.21. The minimum absolute atomic E-state index is 0.252. The maximum absolute atomic E-state index is 12.1. The molecule has 8 heteroatoms. The van der Waals surface area contributed by atoms with Gasteiger partial charge in [0.2, 0.25) is 0 Å². The highest BCUT2D eigenvalue weighted by Crippen LogP contribution is 2.35. The summed E-state index contributed by atoms with van der Waals surface area (Å²) in [4.78, 5) is 19.4. The second-order valence-corrected chi connectivity index (χ2v) is 9.66. The van der Waals surface area contributed by atoms with Crippen LogP contribution in [0.4, 0.5) is 0 Å². The molecule has 2 aromatic heterocycles. The van der Waals surface area contributed by atoms with Crippen LogP contribution < -0.4 is 10.1 Å². The Morgan fingerprint density at radius 3 is 2.78 bits per heavy atom. The fourth-order valence-electron chi connectivity index (χ4n) is 5.54. The summed E-state index contributed by atoms with van der Waals surface area (Å²) < 4.78 is 7.87. The van der Waals surface area contributed by atoms with Gasteiger partial charge in [-0.15, -0.1) is 5.10 Å². The number of para-hydroxylation sites is 1. The minimum Gasteiger partial charge on any atom is -0.485 e. The lowest BCUT2D eigenvalue weighted by Crippen LogP contribution is -2.34. The van der Waals surface area contributed by atoms with Gasteiger partial charge in [-0.2, -0.15) is 0 Å². The molecule has 8 nitrogen and oxygen atoms in total. The number of ether oxygens (including phenoxy) is 1. The maximum Gasteiger partial charge on any atom is 0.273 e. The average Bonchev–Trinajstić information content (AvgIpc) is 3.36. The molecule has 0 aliphatic carbocycles. The van der Waals surface area contributed by atoms with Crippen LogP contribution >= 0.6 is 0 Å². The maximum atomic E-state index is 12.1. The van der Waals surface area contributed by atoms with Crippen LogP contribution in [-0.4, -0.2) is 57.5 Å². The van der Waals surface area contributed by atoms with Gasteiger partial charge in [0, 0.05) is 24.7 Å². The number of nitrogens with zero attached hydrogens (tertiary/aromatic N) is 5. The lowest BCUT2D eigenvalue weighted by molar-refractivity contribution is 0.0955. The molecule has 36 heavy (non-hydrogen) atoms. The van der Waals surface area contributed by atoms with Crippen molar-refractivity contribution in [1.29, 1.82) is 0 Å². The second-order valence-electron chi connectivity index (χ2n) is 9.66. The molecular formula is C28H30N6O2. The van der Waals surface area contributed by atoms with Crippen molar-refractivity contribution in [3.05, 3.63) is 76.7 Å². The van der Waals surface area contributed by atoms with Crippen molar-refractivity contribution >= 4 is 16.8 Å². The van der Waals surface area contributed by atoms with Crippen molar-refractivity contribution in [3.8, 4) is 11.4 Å². The van der Waals surface area contributed by atoms with E-state index in [1.165, 1.54) is 10.9 Å². The monoisotopic (exact) mass is 482 g/mol. The molecule has 1 amide bonds. The molecule has 0 bridgehead atoms. The Balaban J connectivity index is 1.13. The van der Waals surface area contributed by atoms with Gasteiger partial charge < -0.3 is 15.0 Å². The van der Waals surface area contributed by atoms with Gasteiger partial charge in [0.1, 0.15) is 23.7 Å². The van der Waals surface area contributed by atoms with Crippen LogP contribution in [0.25, 0.3) is 16.6 Å². The van der Waals surface area contributed by atoms with Gasteiger partial charge >= 0.3 is 0 Å². The SMILES string of the molecule is CNC(=O)c1nnn2c1COc1c(CCN3CCC(c4cccc5nc(C)ccc45)CC3)cccc1-2. The van der Waals surface area contributed by atoms with E-state index in [0.717, 1.165) is 67.1 Å². The first-order valence-corrected chi connectivity index (χ1v) is 12.6. The summed E-state index contributed by atoms with van der Waals surface area (Å²) in [5.41, 5.74) is 6.59. The lowest BCUT2D eigenvalue weighted by Gasteiger charge is -2.33. The summed E-state index contributed by atoms with van der Waals surface area (Å²) >= 11 is 0. The molecule has 1 saturated heterocycles. The number of nitrogens with one attached hydrogen (secondary N) is 1. The molecule has 0 atom stereocenters. The number of aromatic nitrogens is 4. The van der Waals surface area contributed by atoms with Crippen molar-refractivity contribution in [1.82, 2.24) is 30.2 Å². The largest absolute Gasteiger partial charge is 0.485 e. The molecule has 0 unspecified atom stereocenters. The van der Waals surface area contributed by atoms with Gasteiger partial charge in [-0.3, -0.25) is 9.78 Å². The number of piperidine rings is 1. The molecule has 2 aliphatic rings. The van der Waals surface area contributed by atoms with E-state index < -0.39 is 0 Å². The molecule has 1 N–H and O–H groups in total. The van der Waals surface area contributed by atoms with E-state index in [1.807, 2.05) is 19.1 Å². The van der Waals surface area contributed by atoms with Crippen molar-refractivity contribution in [2.24, 2.45) is 0 Å². The molecule has 2 aromatic carbocycles. The molecular weight excluding hydrogens is 452 g/mol. The number of pyridine rings is 1. The second kappa shape index (κ2) is 9.35. The third-order valence-corrected chi connectivity index (χ3v) is 7.49. The van der Waals surface area contributed by atoms with Gasteiger partial charge in [-0.25, -0.2) is 4.68 Å². The molecule has 0 spiro atoms. The van der Waals surface area contributed by atoms with Crippen LogP contribution in [0.1, 0.15) is 51.8 Å². The highest BCUT2D eigenvalue weighted by molar-refractivity contribution is 5.93. The van der Waals surface area contributed by atoms with E-state index in [9.17, 15) is 4.79 Å². The number of fused-ring (bicyclic) bond motifs is 4. The topological polar surface area (TPSA) is 85.2 Å². The lowest BCUT2D eigenvalue weighted by atomic mass is 9.87. The number of carbonyl (C=O) groups is 1. The van der Waals surface area contributed by atoms with Crippen molar-refractivity contribution < 1.29 is 9.53 Å². The number of hydrogen-bond donors (Lipinski definition) is 1. The first-order valence-electron chi connectivity index (χ1n) is 12.6. The summed E-state index contributed by atoms with van der Waals surface area (Å²) in [6, 6.07) is 17.0. The number of likely N-dealkylation sites (tertiary alicyclic amines) is 1. The van der Waals surface area contributed by atoms with Crippen LogP contribution in [0.3, 0.4) is 0 Å². The van der Waals surface area contributed by atoms with Gasteiger partial charge in [0.05, 0.1) is 5.52 Å². The molecule has 0 radical (unpaired) electrons. The fourth-order valence-corrected chi connectivity index (χ4v) is 5.54. The number of carbonyl (C=O) groups excluding carboxylic acids is 1. The zero-order valence-electron chi connectivity index (χ0n) is 20.7. The molecule has 1 fully saturated rings. The van der Waals surface area contributed by atoms with E-state index in [1.54, 1.807) is 11.7 Å².